The Kier molecular flexibility index (Phi) is 5.41. The van der Waals surface area contributed by atoms with Crippen molar-refractivity contribution >= 4 is 5.91 Å². The normalized spacial score (nSPS) is 18.1. The second-order valence-corrected chi connectivity index (χ2v) is 7.32. The summed E-state index contributed by atoms with van der Waals surface area (Å²) in [6, 6.07) is 6.91. The number of aliphatic hydroxyl groups is 1. The van der Waals surface area contributed by atoms with Crippen LogP contribution in [0.5, 0.6) is 0 Å². The quantitative estimate of drug-likeness (QED) is 0.830. The van der Waals surface area contributed by atoms with E-state index in [-0.39, 0.29) is 23.3 Å². The monoisotopic (exact) mass is 360 g/mol. The van der Waals surface area contributed by atoms with E-state index in [1.165, 1.54) is 6.20 Å². The van der Waals surface area contributed by atoms with Crippen molar-refractivity contribution in [2.45, 2.75) is 44.6 Å². The maximum Gasteiger partial charge on any atom is 0.223 e. The van der Waals surface area contributed by atoms with Gasteiger partial charge in [-0.25, -0.2) is 4.98 Å². The molecule has 0 saturated carbocycles. The van der Waals surface area contributed by atoms with Crippen LogP contribution in [0, 0.1) is 11.9 Å². The lowest BCUT2D eigenvalue weighted by Crippen LogP contribution is -2.46. The molecule has 1 amide bonds. The molecule has 1 fully saturated rings. The van der Waals surface area contributed by atoms with Crippen LogP contribution >= 0.6 is 0 Å². The van der Waals surface area contributed by atoms with E-state index in [1.807, 2.05) is 12.1 Å². The van der Waals surface area contributed by atoms with E-state index in [1.54, 1.807) is 23.3 Å². The number of hydrogen-bond acceptors (Lipinski definition) is 4. The first kappa shape index (κ1) is 18.6. The van der Waals surface area contributed by atoms with E-state index in [0.717, 1.165) is 5.76 Å². The van der Waals surface area contributed by atoms with Gasteiger partial charge in [-0.3, -0.25) is 4.79 Å². The molecule has 140 valence electrons. The summed E-state index contributed by atoms with van der Waals surface area (Å²) in [4.78, 5) is 18.1. The molecule has 3 heterocycles. The van der Waals surface area contributed by atoms with Gasteiger partial charge in [0, 0.05) is 37.2 Å². The van der Waals surface area contributed by atoms with Gasteiger partial charge in [-0.1, -0.05) is 19.9 Å². The van der Waals surface area contributed by atoms with Crippen LogP contribution in [0.1, 0.15) is 50.4 Å². The molecule has 1 aliphatic rings. The van der Waals surface area contributed by atoms with E-state index in [0.29, 0.717) is 32.4 Å². The zero-order valence-corrected chi connectivity index (χ0v) is 15.2. The fourth-order valence-electron chi connectivity index (χ4n) is 3.61. The predicted octanol–water partition coefficient (Wildman–Crippen LogP) is 3.45. The van der Waals surface area contributed by atoms with Crippen LogP contribution in [-0.4, -0.2) is 34.0 Å². The van der Waals surface area contributed by atoms with Crippen molar-refractivity contribution in [2.75, 3.05) is 13.1 Å². The highest BCUT2D eigenvalue weighted by molar-refractivity contribution is 5.77. The zero-order valence-electron chi connectivity index (χ0n) is 15.2. The molecule has 2 aromatic heterocycles. The number of carbonyl (C=O) groups excluding carboxylic acids is 1. The second kappa shape index (κ2) is 7.58. The number of likely N-dealkylation sites (tertiary alicyclic amines) is 1. The van der Waals surface area contributed by atoms with E-state index < -0.39 is 11.5 Å². The fourth-order valence-corrected chi connectivity index (χ4v) is 3.61. The molecule has 0 aliphatic carbocycles. The summed E-state index contributed by atoms with van der Waals surface area (Å²) in [7, 11) is 0. The van der Waals surface area contributed by atoms with E-state index in [2.05, 4.69) is 18.8 Å². The summed E-state index contributed by atoms with van der Waals surface area (Å²) in [5.41, 5.74) is -1.06. The number of hydrogen-bond donors (Lipinski definition) is 1. The molecule has 2 aromatic rings. The molecule has 1 saturated heterocycles. The van der Waals surface area contributed by atoms with E-state index in [9.17, 15) is 14.3 Å². The summed E-state index contributed by atoms with van der Waals surface area (Å²) in [5, 5.41) is 10.8. The Morgan fingerprint density at radius 3 is 2.65 bits per heavy atom. The number of piperidine rings is 1. The highest BCUT2D eigenvalue weighted by Gasteiger charge is 2.38. The van der Waals surface area contributed by atoms with Gasteiger partial charge < -0.3 is 14.4 Å². The van der Waals surface area contributed by atoms with Gasteiger partial charge in [-0.15, -0.1) is 0 Å². The number of amides is 1. The third-order valence-electron chi connectivity index (χ3n) is 5.31. The lowest BCUT2D eigenvalue weighted by molar-refractivity contribution is -0.136. The average Bonchev–Trinajstić information content (AvgIpc) is 3.14. The maximum atomic E-state index is 13.9. The van der Waals surface area contributed by atoms with E-state index in [4.69, 9.17) is 4.42 Å². The van der Waals surface area contributed by atoms with Crippen LogP contribution in [0.3, 0.4) is 0 Å². The van der Waals surface area contributed by atoms with Crippen molar-refractivity contribution < 1.29 is 18.7 Å². The molecule has 1 atom stereocenters. The van der Waals surface area contributed by atoms with Gasteiger partial charge in [-0.2, -0.15) is 4.39 Å². The van der Waals surface area contributed by atoms with Crippen molar-refractivity contribution in [1.82, 2.24) is 9.88 Å². The predicted molar refractivity (Wildman–Crippen MR) is 94.8 cm³/mol. The number of pyridine rings is 1. The Morgan fingerprint density at radius 1 is 1.35 bits per heavy atom. The molecule has 6 heteroatoms. The lowest BCUT2D eigenvalue weighted by atomic mass is 9.84. The molecular formula is C20H25FN2O3. The van der Waals surface area contributed by atoms with Crippen molar-refractivity contribution in [3.8, 4) is 0 Å². The highest BCUT2D eigenvalue weighted by atomic mass is 19.1. The first-order valence-corrected chi connectivity index (χ1v) is 9.05. The third-order valence-corrected chi connectivity index (χ3v) is 5.31. The molecule has 0 unspecified atom stereocenters. The van der Waals surface area contributed by atoms with Gasteiger partial charge in [0.15, 0.2) is 0 Å². The van der Waals surface area contributed by atoms with Crippen LogP contribution in [0.25, 0.3) is 0 Å². The Labute approximate surface area is 152 Å². The molecule has 0 bridgehead atoms. The maximum absolute atomic E-state index is 13.9. The number of rotatable bonds is 5. The van der Waals surface area contributed by atoms with Crippen molar-refractivity contribution in [3.63, 3.8) is 0 Å². The second-order valence-electron chi connectivity index (χ2n) is 7.32. The summed E-state index contributed by atoms with van der Waals surface area (Å²) < 4.78 is 19.4. The zero-order chi connectivity index (χ0) is 18.7. The highest BCUT2D eigenvalue weighted by Crippen LogP contribution is 2.35. The number of carbonyl (C=O) groups is 1. The number of furan rings is 1. The molecule has 0 spiro atoms. The van der Waals surface area contributed by atoms with Gasteiger partial charge >= 0.3 is 0 Å². The van der Waals surface area contributed by atoms with Gasteiger partial charge in [-0.05, 0) is 37.0 Å². The van der Waals surface area contributed by atoms with Crippen LogP contribution < -0.4 is 0 Å². The standard InChI is InChI=1S/C20H25FN2O3/c1-14(2)15(17-6-4-12-26-17)13-18(24)23-10-7-20(25,8-11-23)16-5-3-9-22-19(16)21/h3-6,9,12,14-15,25H,7-8,10-11,13H2,1-2H3/t15-/m1/s1. The topological polar surface area (TPSA) is 66.6 Å². The Hall–Kier alpha value is -2.21. The molecular weight excluding hydrogens is 335 g/mol. The molecule has 0 radical (unpaired) electrons. The van der Waals surface area contributed by atoms with Gasteiger partial charge in [0.05, 0.1) is 11.9 Å². The van der Waals surface area contributed by atoms with Crippen molar-refractivity contribution in [1.29, 1.82) is 0 Å². The van der Waals surface area contributed by atoms with Gasteiger partial charge in [0.1, 0.15) is 5.76 Å². The molecule has 3 rings (SSSR count). The minimum atomic E-state index is -1.27. The van der Waals surface area contributed by atoms with E-state index >= 15 is 0 Å². The van der Waals surface area contributed by atoms with Crippen LogP contribution in [-0.2, 0) is 10.4 Å². The first-order chi connectivity index (χ1) is 12.4. The summed E-state index contributed by atoms with van der Waals surface area (Å²) >= 11 is 0. The minimum absolute atomic E-state index is 0.0223. The van der Waals surface area contributed by atoms with Crippen LogP contribution in [0.2, 0.25) is 0 Å². The molecule has 1 aliphatic heterocycles. The van der Waals surface area contributed by atoms with Crippen molar-refractivity contribution in [3.05, 3.63) is 54.0 Å². The fraction of sp³-hybridized carbons (Fsp3) is 0.500. The van der Waals surface area contributed by atoms with Gasteiger partial charge in [0.25, 0.3) is 0 Å². The summed E-state index contributed by atoms with van der Waals surface area (Å²) in [6.07, 6.45) is 3.95. The molecule has 5 nitrogen and oxygen atoms in total. The smallest absolute Gasteiger partial charge is 0.223 e. The molecule has 1 N–H and O–H groups in total. The molecule has 0 aromatic carbocycles. The number of aromatic nitrogens is 1. The lowest BCUT2D eigenvalue weighted by Gasteiger charge is -2.39. The van der Waals surface area contributed by atoms with Crippen molar-refractivity contribution in [2.24, 2.45) is 5.92 Å². The Morgan fingerprint density at radius 2 is 2.08 bits per heavy atom. The average molecular weight is 360 g/mol. The number of halogens is 1. The summed E-state index contributed by atoms with van der Waals surface area (Å²) in [5.74, 6) is 0.506. The SMILES string of the molecule is CC(C)[C@@H](CC(=O)N1CCC(O)(c2cccnc2F)CC1)c1ccco1. The summed E-state index contributed by atoms with van der Waals surface area (Å²) in [6.45, 7) is 4.93. The Balaban J connectivity index is 1.64. The Bertz CT molecular complexity index is 737. The minimum Gasteiger partial charge on any atom is -0.469 e. The third kappa shape index (κ3) is 3.80. The van der Waals surface area contributed by atoms with Crippen LogP contribution in [0.15, 0.2) is 41.1 Å². The first-order valence-electron chi connectivity index (χ1n) is 9.05. The largest absolute Gasteiger partial charge is 0.469 e. The number of nitrogens with zero attached hydrogens (tertiary/aromatic N) is 2. The van der Waals surface area contributed by atoms with Gasteiger partial charge in [0.2, 0.25) is 11.9 Å². The van der Waals surface area contributed by atoms with Crippen LogP contribution in [0.4, 0.5) is 4.39 Å². The molecule has 26 heavy (non-hydrogen) atoms.